The van der Waals surface area contributed by atoms with E-state index in [1.807, 2.05) is 0 Å². The Bertz CT molecular complexity index is 1140. The van der Waals surface area contributed by atoms with Crippen molar-refractivity contribution in [3.05, 3.63) is 63.6 Å². The molecule has 3 aromatic rings. The van der Waals surface area contributed by atoms with Gasteiger partial charge in [0.2, 0.25) is 5.91 Å². The van der Waals surface area contributed by atoms with Crippen LogP contribution < -0.4 is 10.1 Å². The van der Waals surface area contributed by atoms with Crippen molar-refractivity contribution >= 4 is 28.9 Å². The number of carboxylic acids is 1. The number of hydrogen-bond acceptors (Lipinski definition) is 5. The van der Waals surface area contributed by atoms with Gasteiger partial charge in [0, 0.05) is 22.8 Å². The number of carboxylic acid groups (broad SMARTS) is 1. The van der Waals surface area contributed by atoms with Crippen molar-refractivity contribution in [3.8, 4) is 22.6 Å². The Balaban J connectivity index is 1.93. The standard InChI is InChI=1S/C21H16FNO5S/c1-28-15-8-10(5-6-14(15)24)13-9-16(25)23-18-17(11-3-2-4-12(22)7-11)20(21(26)27)29-19(13)18/h2-8,13,24H,9H2,1H3,(H,23,25)(H,26,27)/t13-/m1/s1. The number of thiophene rings is 1. The summed E-state index contributed by atoms with van der Waals surface area (Å²) < 4.78 is 19.0. The highest BCUT2D eigenvalue weighted by molar-refractivity contribution is 7.15. The molecule has 1 aromatic heterocycles. The molecule has 2 aromatic carbocycles. The highest BCUT2D eigenvalue weighted by Crippen LogP contribution is 2.50. The summed E-state index contributed by atoms with van der Waals surface area (Å²) in [6.45, 7) is 0. The molecule has 0 fully saturated rings. The molecule has 0 saturated carbocycles. The molecule has 0 saturated heterocycles. The molecule has 0 radical (unpaired) electrons. The summed E-state index contributed by atoms with van der Waals surface area (Å²) in [5.74, 6) is -2.12. The first-order valence-electron chi connectivity index (χ1n) is 8.71. The van der Waals surface area contributed by atoms with E-state index in [0.29, 0.717) is 27.3 Å². The Morgan fingerprint density at radius 3 is 2.76 bits per heavy atom. The molecule has 0 aliphatic carbocycles. The maximum atomic E-state index is 13.8. The van der Waals surface area contributed by atoms with Gasteiger partial charge in [-0.1, -0.05) is 18.2 Å². The number of rotatable bonds is 4. The number of benzene rings is 2. The monoisotopic (exact) mass is 413 g/mol. The molecule has 1 aliphatic heterocycles. The normalized spacial score (nSPS) is 15.5. The van der Waals surface area contributed by atoms with Gasteiger partial charge in [-0.05, 0) is 35.4 Å². The zero-order chi connectivity index (χ0) is 20.7. The molecule has 8 heteroatoms. The second kappa shape index (κ2) is 7.21. The lowest BCUT2D eigenvalue weighted by molar-refractivity contribution is -0.116. The summed E-state index contributed by atoms with van der Waals surface area (Å²) in [6, 6.07) is 10.4. The fourth-order valence-corrected chi connectivity index (χ4v) is 4.78. The molecule has 6 nitrogen and oxygen atoms in total. The average Bonchev–Trinajstić information content (AvgIpc) is 3.07. The third-order valence-corrected chi connectivity index (χ3v) is 6.11. The first-order chi connectivity index (χ1) is 13.9. The van der Waals surface area contributed by atoms with Crippen LogP contribution in [-0.2, 0) is 4.79 Å². The number of aromatic hydroxyl groups is 1. The van der Waals surface area contributed by atoms with Crippen LogP contribution in [0.1, 0.15) is 32.5 Å². The zero-order valence-electron chi connectivity index (χ0n) is 15.2. The Kier molecular flexibility index (Phi) is 4.71. The van der Waals surface area contributed by atoms with E-state index < -0.39 is 17.7 Å². The number of nitrogens with one attached hydrogen (secondary N) is 1. The van der Waals surface area contributed by atoms with Crippen LogP contribution in [0.25, 0.3) is 11.1 Å². The topological polar surface area (TPSA) is 95.9 Å². The highest BCUT2D eigenvalue weighted by Gasteiger charge is 2.34. The van der Waals surface area contributed by atoms with Crippen molar-refractivity contribution in [3.63, 3.8) is 0 Å². The lowest BCUT2D eigenvalue weighted by atomic mass is 9.88. The van der Waals surface area contributed by atoms with Gasteiger partial charge in [0.15, 0.2) is 11.5 Å². The predicted molar refractivity (Wildman–Crippen MR) is 106 cm³/mol. The summed E-state index contributed by atoms with van der Waals surface area (Å²) in [5.41, 5.74) is 1.76. The molecule has 0 bridgehead atoms. The van der Waals surface area contributed by atoms with Gasteiger partial charge in [-0.3, -0.25) is 4.79 Å². The van der Waals surface area contributed by atoms with Crippen LogP contribution in [0, 0.1) is 5.82 Å². The third kappa shape index (κ3) is 3.31. The van der Waals surface area contributed by atoms with Crippen molar-refractivity contribution in [1.29, 1.82) is 0 Å². The van der Waals surface area contributed by atoms with Crippen molar-refractivity contribution in [2.24, 2.45) is 0 Å². The second-order valence-electron chi connectivity index (χ2n) is 6.60. The molecule has 0 spiro atoms. The maximum Gasteiger partial charge on any atom is 0.346 e. The predicted octanol–water partition coefficient (Wildman–Crippen LogP) is 4.44. The molecule has 4 rings (SSSR count). The Hall–Kier alpha value is -3.39. The summed E-state index contributed by atoms with van der Waals surface area (Å²) >= 11 is 1.05. The van der Waals surface area contributed by atoms with Crippen molar-refractivity contribution < 1.29 is 28.9 Å². The minimum atomic E-state index is -1.15. The molecule has 0 unspecified atom stereocenters. The zero-order valence-corrected chi connectivity index (χ0v) is 16.0. The van der Waals surface area contributed by atoms with Crippen molar-refractivity contribution in [2.45, 2.75) is 12.3 Å². The van der Waals surface area contributed by atoms with E-state index in [2.05, 4.69) is 5.32 Å². The molecule has 1 aliphatic rings. The quantitative estimate of drug-likeness (QED) is 0.588. The summed E-state index contributed by atoms with van der Waals surface area (Å²) in [5, 5.41) is 22.4. The number of aromatic carboxylic acids is 1. The van der Waals surface area contributed by atoms with Gasteiger partial charge < -0.3 is 20.3 Å². The van der Waals surface area contributed by atoms with Crippen molar-refractivity contribution in [1.82, 2.24) is 0 Å². The highest BCUT2D eigenvalue weighted by atomic mass is 32.1. The minimum absolute atomic E-state index is 0.0264. The average molecular weight is 413 g/mol. The molecular weight excluding hydrogens is 397 g/mol. The van der Waals surface area contributed by atoms with Crippen LogP contribution in [-0.4, -0.2) is 29.2 Å². The van der Waals surface area contributed by atoms with Crippen LogP contribution in [0.2, 0.25) is 0 Å². The first kappa shape index (κ1) is 18.9. The number of methoxy groups -OCH3 is 1. The number of anilines is 1. The van der Waals surface area contributed by atoms with Gasteiger partial charge in [0.05, 0.1) is 12.8 Å². The Morgan fingerprint density at radius 1 is 1.28 bits per heavy atom. The molecule has 29 heavy (non-hydrogen) atoms. The van der Waals surface area contributed by atoms with Gasteiger partial charge >= 0.3 is 5.97 Å². The third-order valence-electron chi connectivity index (χ3n) is 4.82. The number of carbonyl (C=O) groups excluding carboxylic acids is 1. The van der Waals surface area contributed by atoms with Crippen LogP contribution in [0.4, 0.5) is 10.1 Å². The molecule has 1 atom stereocenters. The Labute approximate surface area is 169 Å². The van der Waals surface area contributed by atoms with E-state index in [-0.39, 0.29) is 28.7 Å². The van der Waals surface area contributed by atoms with Gasteiger partial charge in [-0.15, -0.1) is 11.3 Å². The number of hydrogen-bond donors (Lipinski definition) is 3. The SMILES string of the molecule is COc1cc([C@H]2CC(=O)Nc3c2sc(C(=O)O)c3-c2cccc(F)c2)ccc1O. The van der Waals surface area contributed by atoms with E-state index in [1.165, 1.54) is 31.4 Å². The number of fused-ring (bicyclic) bond motifs is 1. The van der Waals surface area contributed by atoms with Crippen molar-refractivity contribution in [2.75, 3.05) is 12.4 Å². The van der Waals surface area contributed by atoms with Gasteiger partial charge in [-0.25, -0.2) is 9.18 Å². The second-order valence-corrected chi connectivity index (χ2v) is 7.65. The fourth-order valence-electron chi connectivity index (χ4n) is 3.54. The van der Waals surface area contributed by atoms with E-state index in [0.717, 1.165) is 11.3 Å². The number of halogens is 1. The summed E-state index contributed by atoms with van der Waals surface area (Å²) in [7, 11) is 1.42. The number of ether oxygens (including phenoxy) is 1. The maximum absolute atomic E-state index is 13.8. The van der Waals surface area contributed by atoms with E-state index in [1.54, 1.807) is 18.2 Å². The van der Waals surface area contributed by atoms with E-state index in [4.69, 9.17) is 4.74 Å². The lowest BCUT2D eigenvalue weighted by Gasteiger charge is -2.24. The first-order valence-corrected chi connectivity index (χ1v) is 9.53. The molecule has 1 amide bonds. The van der Waals surface area contributed by atoms with Crippen LogP contribution in [0.15, 0.2) is 42.5 Å². The number of phenols is 1. The number of amides is 1. The molecule has 148 valence electrons. The largest absolute Gasteiger partial charge is 0.504 e. The number of carbonyl (C=O) groups is 2. The molecule has 3 N–H and O–H groups in total. The minimum Gasteiger partial charge on any atom is -0.504 e. The fraction of sp³-hybridized carbons (Fsp3) is 0.143. The number of phenolic OH excluding ortho intramolecular Hbond substituents is 1. The smallest absolute Gasteiger partial charge is 0.346 e. The lowest BCUT2D eigenvalue weighted by Crippen LogP contribution is -2.22. The van der Waals surface area contributed by atoms with Gasteiger partial charge in [0.1, 0.15) is 10.7 Å². The Morgan fingerprint density at radius 2 is 2.07 bits per heavy atom. The van der Waals surface area contributed by atoms with E-state index in [9.17, 15) is 24.2 Å². The van der Waals surface area contributed by atoms with Crippen LogP contribution in [0.3, 0.4) is 0 Å². The molecular formula is C21H16FNO5S. The van der Waals surface area contributed by atoms with E-state index >= 15 is 0 Å². The van der Waals surface area contributed by atoms with Crippen LogP contribution >= 0.6 is 11.3 Å². The summed E-state index contributed by atoms with van der Waals surface area (Å²) in [6.07, 6.45) is 0.114. The molecule has 2 heterocycles. The summed E-state index contributed by atoms with van der Waals surface area (Å²) in [4.78, 5) is 25.1. The van der Waals surface area contributed by atoms with Gasteiger partial charge in [-0.2, -0.15) is 0 Å². The van der Waals surface area contributed by atoms with Crippen LogP contribution in [0.5, 0.6) is 11.5 Å². The van der Waals surface area contributed by atoms with Gasteiger partial charge in [0.25, 0.3) is 0 Å².